The lowest BCUT2D eigenvalue weighted by Crippen LogP contribution is -1.98. The largest absolute Gasteiger partial charge is 0.309 e. The van der Waals surface area contributed by atoms with Crippen LogP contribution in [0.3, 0.4) is 0 Å². The first-order valence-corrected chi connectivity index (χ1v) is 13.4. The Kier molecular flexibility index (Phi) is 4.89. The molecule has 0 fully saturated rings. The van der Waals surface area contributed by atoms with Crippen molar-refractivity contribution in [3.63, 3.8) is 0 Å². The van der Waals surface area contributed by atoms with E-state index in [1.807, 2.05) is 18.2 Å². The monoisotopic (exact) mass is 509 g/mol. The van der Waals surface area contributed by atoms with Crippen molar-refractivity contribution in [2.24, 2.45) is 0 Å². The van der Waals surface area contributed by atoms with E-state index < -0.39 is 0 Å². The van der Waals surface area contributed by atoms with E-state index in [0.717, 1.165) is 33.5 Å². The number of fused-ring (bicyclic) bond motifs is 6. The smallest absolute Gasteiger partial charge is 0.187 e. The van der Waals surface area contributed by atoms with E-state index in [2.05, 4.69) is 135 Å². The van der Waals surface area contributed by atoms with Crippen molar-refractivity contribution in [2.45, 2.75) is 0 Å². The van der Waals surface area contributed by atoms with Gasteiger partial charge >= 0.3 is 0 Å². The number of rotatable bonds is 3. The van der Waals surface area contributed by atoms with Crippen LogP contribution in [0.5, 0.6) is 0 Å². The van der Waals surface area contributed by atoms with Gasteiger partial charge in [-0.1, -0.05) is 97.1 Å². The highest BCUT2D eigenvalue weighted by Gasteiger charge is 2.20. The molecule has 186 valence electrons. The summed E-state index contributed by atoms with van der Waals surface area (Å²) in [5.41, 5.74) is 9.73. The maximum atomic E-state index is 7.54. The van der Waals surface area contributed by atoms with Crippen LogP contribution in [0.4, 0.5) is 5.69 Å². The summed E-state index contributed by atoms with van der Waals surface area (Å²) in [4.78, 5) is 3.68. The minimum atomic E-state index is 0.642. The first-order valence-electron chi connectivity index (χ1n) is 13.4. The molecule has 8 rings (SSSR count). The fourth-order valence-corrected chi connectivity index (χ4v) is 6.28. The van der Waals surface area contributed by atoms with E-state index in [1.165, 1.54) is 32.6 Å². The molecule has 0 radical (unpaired) electrons. The molecule has 0 unspecified atom stereocenters. The highest BCUT2D eigenvalue weighted by atomic mass is 15.0. The Morgan fingerprint density at radius 3 is 1.70 bits per heavy atom. The Bertz CT molecular complexity index is 2240. The first-order chi connectivity index (χ1) is 19.8. The second kappa shape index (κ2) is 8.73. The molecule has 0 bridgehead atoms. The van der Waals surface area contributed by atoms with Crippen molar-refractivity contribution < 1.29 is 0 Å². The standard InChI is InChI=1S/C37H23N3/c1-38-26-13-10-12-25(24-26)27-14-2-6-18-31(27)39-34-21-9-5-17-30(34)37-35(39)22-11-23-36(37)40-32-19-7-3-15-28(32)29-16-4-8-20-33(29)40/h2-24H. The zero-order chi connectivity index (χ0) is 26.6. The van der Waals surface area contributed by atoms with Crippen molar-refractivity contribution in [3.8, 4) is 22.5 Å². The van der Waals surface area contributed by atoms with Gasteiger partial charge in [-0.3, -0.25) is 0 Å². The molecule has 0 N–H and O–H groups in total. The third-order valence-corrected chi connectivity index (χ3v) is 7.93. The molecule has 6 aromatic carbocycles. The molecule has 0 amide bonds. The molecule has 0 atom stereocenters. The predicted molar refractivity (Wildman–Crippen MR) is 167 cm³/mol. The molecule has 0 aliphatic rings. The minimum Gasteiger partial charge on any atom is -0.309 e. The Hall–Kier alpha value is -5.59. The summed E-state index contributed by atoms with van der Waals surface area (Å²) >= 11 is 0. The lowest BCUT2D eigenvalue weighted by molar-refractivity contribution is 1.17. The summed E-state index contributed by atoms with van der Waals surface area (Å²) < 4.78 is 4.79. The zero-order valence-corrected chi connectivity index (χ0v) is 21.6. The van der Waals surface area contributed by atoms with Gasteiger partial charge in [-0.15, -0.1) is 0 Å². The maximum absolute atomic E-state index is 7.54. The van der Waals surface area contributed by atoms with Crippen LogP contribution in [0.15, 0.2) is 140 Å². The first kappa shape index (κ1) is 22.4. The molecule has 40 heavy (non-hydrogen) atoms. The van der Waals surface area contributed by atoms with Crippen LogP contribution in [0.1, 0.15) is 0 Å². The molecule has 2 aromatic heterocycles. The van der Waals surface area contributed by atoms with Crippen molar-refractivity contribution in [2.75, 3.05) is 0 Å². The van der Waals surface area contributed by atoms with Gasteiger partial charge in [0.15, 0.2) is 5.69 Å². The van der Waals surface area contributed by atoms with Crippen molar-refractivity contribution >= 4 is 49.3 Å². The highest BCUT2D eigenvalue weighted by molar-refractivity contribution is 6.16. The number of hydrogen-bond acceptors (Lipinski definition) is 0. The van der Waals surface area contributed by atoms with Gasteiger partial charge in [0, 0.05) is 27.1 Å². The Labute approximate surface area is 231 Å². The van der Waals surface area contributed by atoms with Gasteiger partial charge in [-0.25, -0.2) is 4.85 Å². The van der Waals surface area contributed by atoms with Gasteiger partial charge in [-0.2, -0.15) is 0 Å². The van der Waals surface area contributed by atoms with E-state index in [9.17, 15) is 0 Å². The molecule has 0 aliphatic carbocycles. The number of aromatic nitrogens is 2. The molecule has 8 aromatic rings. The topological polar surface area (TPSA) is 14.2 Å². The molecule has 0 aliphatic heterocycles. The van der Waals surface area contributed by atoms with E-state index in [0.29, 0.717) is 5.69 Å². The van der Waals surface area contributed by atoms with Crippen LogP contribution in [0, 0.1) is 6.57 Å². The van der Waals surface area contributed by atoms with Crippen LogP contribution in [-0.4, -0.2) is 9.13 Å². The molecule has 0 saturated carbocycles. The molecule has 3 heteroatoms. The summed E-state index contributed by atoms with van der Waals surface area (Å²) in [6.45, 7) is 7.54. The normalized spacial score (nSPS) is 11.5. The Balaban J connectivity index is 1.50. The van der Waals surface area contributed by atoms with Crippen molar-refractivity contribution in [1.29, 1.82) is 0 Å². The summed E-state index contributed by atoms with van der Waals surface area (Å²) in [6, 6.07) is 49.0. The van der Waals surface area contributed by atoms with Gasteiger partial charge in [0.2, 0.25) is 0 Å². The summed E-state index contributed by atoms with van der Waals surface area (Å²) in [5.74, 6) is 0. The fraction of sp³-hybridized carbons (Fsp3) is 0. The van der Waals surface area contributed by atoms with Crippen molar-refractivity contribution in [3.05, 3.63) is 151 Å². The van der Waals surface area contributed by atoms with Crippen molar-refractivity contribution in [1.82, 2.24) is 9.13 Å². The quantitative estimate of drug-likeness (QED) is 0.210. The van der Waals surface area contributed by atoms with Crippen LogP contribution in [0.25, 0.3) is 71.0 Å². The third kappa shape index (κ3) is 3.17. The van der Waals surface area contributed by atoms with Gasteiger partial charge in [0.1, 0.15) is 0 Å². The van der Waals surface area contributed by atoms with Crippen LogP contribution in [0.2, 0.25) is 0 Å². The highest BCUT2D eigenvalue weighted by Crippen LogP contribution is 2.41. The second-order valence-corrected chi connectivity index (χ2v) is 10.1. The zero-order valence-electron chi connectivity index (χ0n) is 21.6. The van der Waals surface area contributed by atoms with E-state index in [-0.39, 0.29) is 0 Å². The number of hydrogen-bond donors (Lipinski definition) is 0. The average Bonchev–Trinajstić information content (AvgIpc) is 3.54. The maximum Gasteiger partial charge on any atom is 0.187 e. The molecule has 0 saturated heterocycles. The molecule has 0 spiro atoms. The minimum absolute atomic E-state index is 0.642. The van der Waals surface area contributed by atoms with Gasteiger partial charge in [0.25, 0.3) is 0 Å². The molecular formula is C37H23N3. The number of nitrogens with zero attached hydrogens (tertiary/aromatic N) is 3. The summed E-state index contributed by atoms with van der Waals surface area (Å²) in [6.07, 6.45) is 0. The van der Waals surface area contributed by atoms with Gasteiger partial charge in [-0.05, 0) is 48.0 Å². The fourth-order valence-electron chi connectivity index (χ4n) is 6.28. The molecular weight excluding hydrogens is 486 g/mol. The van der Waals surface area contributed by atoms with Crippen LogP contribution >= 0.6 is 0 Å². The summed E-state index contributed by atoms with van der Waals surface area (Å²) in [7, 11) is 0. The Morgan fingerprint density at radius 1 is 0.450 bits per heavy atom. The third-order valence-electron chi connectivity index (χ3n) is 7.93. The molecule has 3 nitrogen and oxygen atoms in total. The van der Waals surface area contributed by atoms with E-state index in [4.69, 9.17) is 6.57 Å². The predicted octanol–water partition coefficient (Wildman–Crippen LogP) is 10.1. The molecule has 2 heterocycles. The van der Waals surface area contributed by atoms with Crippen LogP contribution < -0.4 is 0 Å². The van der Waals surface area contributed by atoms with Gasteiger partial charge in [0.05, 0.1) is 40.0 Å². The van der Waals surface area contributed by atoms with E-state index >= 15 is 0 Å². The van der Waals surface area contributed by atoms with E-state index in [1.54, 1.807) is 0 Å². The second-order valence-electron chi connectivity index (χ2n) is 10.1. The Morgan fingerprint density at radius 2 is 0.975 bits per heavy atom. The summed E-state index contributed by atoms with van der Waals surface area (Å²) in [5, 5.41) is 4.93. The van der Waals surface area contributed by atoms with Gasteiger partial charge < -0.3 is 9.13 Å². The SMILES string of the molecule is [C-]#[N+]c1cccc(-c2ccccc2-n2c3ccccc3c3c(-n4c5ccccc5c5ccccc54)cccc32)c1. The lowest BCUT2D eigenvalue weighted by atomic mass is 10.0. The van der Waals surface area contributed by atoms with Crippen LogP contribution in [-0.2, 0) is 0 Å². The average molecular weight is 510 g/mol. The lowest BCUT2D eigenvalue weighted by Gasteiger charge is -2.15. The number of benzene rings is 6. The number of para-hydroxylation sites is 4.